The Kier molecular flexibility index (Phi) is 4.71. The summed E-state index contributed by atoms with van der Waals surface area (Å²) in [6.07, 6.45) is 2.56. The zero-order valence-corrected chi connectivity index (χ0v) is 13.9. The Bertz CT molecular complexity index is 847. The van der Waals surface area contributed by atoms with Gasteiger partial charge in [0.2, 0.25) is 0 Å². The maximum atomic E-state index is 13.2. The molecule has 0 aliphatic rings. The quantitative estimate of drug-likeness (QED) is 0.690. The van der Waals surface area contributed by atoms with Crippen LogP contribution < -0.4 is 5.32 Å². The lowest BCUT2D eigenvalue weighted by Gasteiger charge is -2.08. The summed E-state index contributed by atoms with van der Waals surface area (Å²) in [6.45, 7) is 1.26. The molecule has 1 N–H and O–H groups in total. The van der Waals surface area contributed by atoms with Crippen molar-refractivity contribution in [3.8, 4) is 0 Å². The summed E-state index contributed by atoms with van der Waals surface area (Å²) >= 11 is 3.26. The van der Waals surface area contributed by atoms with Crippen LogP contribution in [0.3, 0.4) is 0 Å². The van der Waals surface area contributed by atoms with Crippen LogP contribution in [-0.2, 0) is 6.54 Å². The molecule has 0 saturated heterocycles. The number of hydrogen-bond acceptors (Lipinski definition) is 2. The molecule has 0 fully saturated rings. The summed E-state index contributed by atoms with van der Waals surface area (Å²) in [5.41, 5.74) is 2.34. The minimum atomic E-state index is -0.428. The molecular weight excluding hydrogens is 361 g/mol. The molecule has 2 aromatic carbocycles. The summed E-state index contributed by atoms with van der Waals surface area (Å²) in [5, 5.41) is 2.81. The topological polar surface area (TPSA) is 46.9 Å². The van der Waals surface area contributed by atoms with Crippen LogP contribution >= 0.6 is 15.9 Å². The van der Waals surface area contributed by atoms with E-state index in [1.54, 1.807) is 6.33 Å². The van der Waals surface area contributed by atoms with Crippen LogP contribution in [0.5, 0.6) is 0 Å². The zero-order valence-electron chi connectivity index (χ0n) is 12.3. The van der Waals surface area contributed by atoms with Gasteiger partial charge in [0.1, 0.15) is 5.82 Å². The number of nitrogens with one attached hydrogen (secondary N) is 1. The summed E-state index contributed by atoms with van der Waals surface area (Å²) in [6, 6.07) is 12.0. The highest BCUT2D eigenvalue weighted by Crippen LogP contribution is 2.17. The van der Waals surface area contributed by atoms with E-state index < -0.39 is 5.82 Å². The van der Waals surface area contributed by atoms with E-state index in [4.69, 9.17) is 0 Å². The van der Waals surface area contributed by atoms with Gasteiger partial charge in [0.05, 0.1) is 22.9 Å². The fourth-order valence-corrected chi connectivity index (χ4v) is 2.83. The summed E-state index contributed by atoms with van der Waals surface area (Å²) in [4.78, 5) is 16.4. The first kappa shape index (κ1) is 15.7. The molecule has 0 aliphatic carbocycles. The molecule has 0 saturated carbocycles. The van der Waals surface area contributed by atoms with Crippen molar-refractivity contribution in [1.29, 1.82) is 0 Å². The third-order valence-corrected chi connectivity index (χ3v) is 4.25. The van der Waals surface area contributed by atoms with E-state index in [1.165, 1.54) is 18.2 Å². The molecule has 6 heteroatoms. The van der Waals surface area contributed by atoms with Crippen LogP contribution in [-0.4, -0.2) is 22.0 Å². The SMILES string of the molecule is O=C(NCCCn1cnc2ccccc21)c1cc(F)ccc1Br. The Labute approximate surface area is 141 Å². The van der Waals surface area contributed by atoms with Crippen LogP contribution in [0.2, 0.25) is 0 Å². The average Bonchev–Trinajstić information content (AvgIpc) is 2.97. The highest BCUT2D eigenvalue weighted by molar-refractivity contribution is 9.10. The van der Waals surface area contributed by atoms with E-state index in [2.05, 4.69) is 30.8 Å². The predicted molar refractivity (Wildman–Crippen MR) is 90.8 cm³/mol. The van der Waals surface area contributed by atoms with E-state index in [0.29, 0.717) is 16.6 Å². The Morgan fingerprint density at radius 2 is 2.09 bits per heavy atom. The molecule has 3 aromatic rings. The van der Waals surface area contributed by atoms with Crippen molar-refractivity contribution in [2.24, 2.45) is 0 Å². The molecule has 1 amide bonds. The van der Waals surface area contributed by atoms with Crippen LogP contribution in [0, 0.1) is 5.82 Å². The van der Waals surface area contributed by atoms with Gasteiger partial charge in [-0.25, -0.2) is 9.37 Å². The minimum absolute atomic E-state index is 0.285. The molecule has 0 aliphatic heterocycles. The van der Waals surface area contributed by atoms with Crippen LogP contribution in [0.25, 0.3) is 11.0 Å². The van der Waals surface area contributed by atoms with E-state index in [1.807, 2.05) is 24.3 Å². The van der Waals surface area contributed by atoms with Crippen LogP contribution in [0.15, 0.2) is 53.3 Å². The number of rotatable bonds is 5. The van der Waals surface area contributed by atoms with E-state index in [-0.39, 0.29) is 5.91 Å². The third kappa shape index (κ3) is 3.59. The van der Waals surface area contributed by atoms with Gasteiger partial charge in [-0.15, -0.1) is 0 Å². The maximum absolute atomic E-state index is 13.2. The van der Waals surface area contributed by atoms with Gasteiger partial charge in [0, 0.05) is 17.6 Å². The van der Waals surface area contributed by atoms with E-state index in [9.17, 15) is 9.18 Å². The number of aromatic nitrogens is 2. The molecule has 23 heavy (non-hydrogen) atoms. The third-order valence-electron chi connectivity index (χ3n) is 3.56. The number of carbonyl (C=O) groups is 1. The molecule has 0 radical (unpaired) electrons. The Hall–Kier alpha value is -2.21. The second kappa shape index (κ2) is 6.91. The van der Waals surface area contributed by atoms with Crippen molar-refractivity contribution >= 4 is 32.9 Å². The molecule has 1 aromatic heterocycles. The van der Waals surface area contributed by atoms with Crippen molar-refractivity contribution in [2.75, 3.05) is 6.54 Å². The van der Waals surface area contributed by atoms with Crippen molar-refractivity contribution in [2.45, 2.75) is 13.0 Å². The number of fused-ring (bicyclic) bond motifs is 1. The number of hydrogen-bond donors (Lipinski definition) is 1. The highest BCUT2D eigenvalue weighted by atomic mass is 79.9. The number of aryl methyl sites for hydroxylation is 1. The van der Waals surface area contributed by atoms with Gasteiger partial charge >= 0.3 is 0 Å². The molecule has 0 atom stereocenters. The largest absolute Gasteiger partial charge is 0.352 e. The Morgan fingerprint density at radius 1 is 1.26 bits per heavy atom. The van der Waals surface area contributed by atoms with Gasteiger partial charge in [-0.3, -0.25) is 4.79 Å². The van der Waals surface area contributed by atoms with Gasteiger partial charge < -0.3 is 9.88 Å². The van der Waals surface area contributed by atoms with E-state index in [0.717, 1.165) is 24.0 Å². The summed E-state index contributed by atoms with van der Waals surface area (Å²) in [7, 11) is 0. The molecule has 3 rings (SSSR count). The molecule has 0 bridgehead atoms. The number of para-hydroxylation sites is 2. The number of imidazole rings is 1. The van der Waals surface area contributed by atoms with Gasteiger partial charge in [-0.1, -0.05) is 12.1 Å². The molecule has 118 valence electrons. The van der Waals surface area contributed by atoms with Crippen molar-refractivity contribution < 1.29 is 9.18 Å². The van der Waals surface area contributed by atoms with Crippen molar-refractivity contribution in [3.05, 3.63) is 64.6 Å². The van der Waals surface area contributed by atoms with Crippen LogP contribution in [0.1, 0.15) is 16.8 Å². The lowest BCUT2D eigenvalue weighted by atomic mass is 10.2. The van der Waals surface area contributed by atoms with Gasteiger partial charge in [-0.05, 0) is 52.7 Å². The number of amides is 1. The fourth-order valence-electron chi connectivity index (χ4n) is 2.41. The fraction of sp³-hybridized carbons (Fsp3) is 0.176. The normalized spacial score (nSPS) is 10.9. The first-order valence-electron chi connectivity index (χ1n) is 7.28. The second-order valence-corrected chi connectivity index (χ2v) is 6.01. The predicted octanol–water partition coefficient (Wildman–Crippen LogP) is 3.76. The zero-order chi connectivity index (χ0) is 16.2. The van der Waals surface area contributed by atoms with Crippen LogP contribution in [0.4, 0.5) is 4.39 Å². The Balaban J connectivity index is 1.55. The molecular formula is C17H15BrFN3O. The standard InChI is InChI=1S/C17H15BrFN3O/c18-14-7-6-12(19)10-13(14)17(23)20-8-3-9-22-11-21-15-4-1-2-5-16(15)22/h1-2,4-7,10-11H,3,8-9H2,(H,20,23). The summed E-state index contributed by atoms with van der Waals surface area (Å²) < 4.78 is 15.9. The number of benzene rings is 2. The first-order chi connectivity index (χ1) is 11.1. The summed E-state index contributed by atoms with van der Waals surface area (Å²) in [5.74, 6) is -0.713. The molecule has 4 nitrogen and oxygen atoms in total. The smallest absolute Gasteiger partial charge is 0.252 e. The first-order valence-corrected chi connectivity index (χ1v) is 8.07. The molecule has 1 heterocycles. The number of carbonyl (C=O) groups excluding carboxylic acids is 1. The second-order valence-electron chi connectivity index (χ2n) is 5.16. The lowest BCUT2D eigenvalue weighted by molar-refractivity contribution is 0.0951. The molecule has 0 unspecified atom stereocenters. The van der Waals surface area contributed by atoms with Gasteiger partial charge in [-0.2, -0.15) is 0 Å². The Morgan fingerprint density at radius 3 is 2.96 bits per heavy atom. The average molecular weight is 376 g/mol. The van der Waals surface area contributed by atoms with Crippen molar-refractivity contribution in [3.63, 3.8) is 0 Å². The minimum Gasteiger partial charge on any atom is -0.352 e. The van der Waals surface area contributed by atoms with Gasteiger partial charge in [0.15, 0.2) is 0 Å². The van der Waals surface area contributed by atoms with E-state index >= 15 is 0 Å². The molecule has 0 spiro atoms. The number of nitrogens with zero attached hydrogens (tertiary/aromatic N) is 2. The number of halogens is 2. The lowest BCUT2D eigenvalue weighted by Crippen LogP contribution is -2.25. The monoisotopic (exact) mass is 375 g/mol. The highest BCUT2D eigenvalue weighted by Gasteiger charge is 2.10. The maximum Gasteiger partial charge on any atom is 0.252 e. The van der Waals surface area contributed by atoms with Crippen molar-refractivity contribution in [1.82, 2.24) is 14.9 Å². The van der Waals surface area contributed by atoms with Gasteiger partial charge in [0.25, 0.3) is 5.91 Å².